The van der Waals surface area contributed by atoms with Crippen LogP contribution in [0.5, 0.6) is 5.75 Å². The fourth-order valence-corrected chi connectivity index (χ4v) is 3.07. The number of hydrogen-bond donors (Lipinski definition) is 1. The van der Waals surface area contributed by atoms with Gasteiger partial charge in [-0.1, -0.05) is 53.1 Å². The first-order valence-corrected chi connectivity index (χ1v) is 8.55. The van der Waals surface area contributed by atoms with Crippen molar-refractivity contribution in [3.63, 3.8) is 0 Å². The molecule has 3 nitrogen and oxygen atoms in total. The number of rotatable bonds is 3. The van der Waals surface area contributed by atoms with Crippen LogP contribution in [0.25, 0.3) is 0 Å². The first kappa shape index (κ1) is 17.8. The molecule has 1 fully saturated rings. The van der Waals surface area contributed by atoms with E-state index >= 15 is 0 Å². The molecule has 0 radical (unpaired) electrons. The monoisotopic (exact) mass is 317 g/mol. The quantitative estimate of drug-likeness (QED) is 0.619. The van der Waals surface area contributed by atoms with Crippen molar-refractivity contribution in [3.05, 3.63) is 28.8 Å². The highest BCUT2D eigenvalue weighted by atomic mass is 16.6. The lowest BCUT2D eigenvalue weighted by atomic mass is 9.74. The molecule has 128 valence electrons. The molecular weight excluding hydrogens is 286 g/mol. The summed E-state index contributed by atoms with van der Waals surface area (Å²) in [5, 5.41) is 15.2. The van der Waals surface area contributed by atoms with Crippen LogP contribution in [0, 0.1) is 5.92 Å². The van der Waals surface area contributed by atoms with Crippen LogP contribution in [-0.2, 0) is 15.7 Å². The van der Waals surface area contributed by atoms with Gasteiger partial charge in [0.2, 0.25) is 0 Å². The Kier molecular flexibility index (Phi) is 4.79. The number of phenolic OH excluding ortho intramolecular Hbond substituents is 1. The molecule has 1 aliphatic carbocycles. The fraction of sp³-hybridized carbons (Fsp3) is 0.650. The molecule has 0 heterocycles. The summed E-state index contributed by atoms with van der Waals surface area (Å²) < 4.78 is 0. The third kappa shape index (κ3) is 3.70. The molecule has 2 rings (SSSR count). The van der Waals surface area contributed by atoms with Gasteiger partial charge < -0.3 is 9.94 Å². The molecule has 1 aromatic rings. The minimum absolute atomic E-state index is 0.127. The van der Waals surface area contributed by atoms with Crippen LogP contribution in [0.3, 0.4) is 0 Å². The zero-order chi connectivity index (χ0) is 17.4. The van der Waals surface area contributed by atoms with Crippen LogP contribution in [0.1, 0.15) is 77.5 Å². The summed E-state index contributed by atoms with van der Waals surface area (Å²) in [7, 11) is 1.61. The van der Waals surface area contributed by atoms with Crippen molar-refractivity contribution in [2.24, 2.45) is 11.1 Å². The van der Waals surface area contributed by atoms with E-state index in [0.29, 0.717) is 11.7 Å². The molecule has 0 atom stereocenters. The van der Waals surface area contributed by atoms with Gasteiger partial charge in [-0.05, 0) is 35.8 Å². The molecule has 0 saturated heterocycles. The second kappa shape index (κ2) is 6.18. The van der Waals surface area contributed by atoms with E-state index in [4.69, 9.17) is 4.84 Å². The molecular formula is C20H31NO2. The zero-order valence-corrected chi connectivity index (χ0v) is 15.7. The number of oxime groups is 1. The first-order chi connectivity index (χ1) is 10.6. The first-order valence-electron chi connectivity index (χ1n) is 8.55. The van der Waals surface area contributed by atoms with Crippen LogP contribution in [0.4, 0.5) is 0 Å². The van der Waals surface area contributed by atoms with Gasteiger partial charge in [-0.15, -0.1) is 0 Å². The Bertz CT molecular complexity index is 564. The van der Waals surface area contributed by atoms with Crippen molar-refractivity contribution in [3.8, 4) is 5.75 Å². The predicted octanol–water partition coefficient (Wildman–Crippen LogP) is 5.14. The molecule has 1 saturated carbocycles. The third-order valence-corrected chi connectivity index (χ3v) is 4.70. The molecule has 0 spiro atoms. The van der Waals surface area contributed by atoms with Crippen molar-refractivity contribution in [2.45, 2.75) is 71.6 Å². The number of phenols is 1. The van der Waals surface area contributed by atoms with Crippen LogP contribution in [0.2, 0.25) is 0 Å². The Morgan fingerprint density at radius 3 is 1.83 bits per heavy atom. The summed E-state index contributed by atoms with van der Waals surface area (Å²) in [6.45, 7) is 12.8. The van der Waals surface area contributed by atoms with Crippen molar-refractivity contribution in [2.75, 3.05) is 7.11 Å². The Labute approximate surface area is 140 Å². The summed E-state index contributed by atoms with van der Waals surface area (Å²) in [5.74, 6) is 0.888. The SMILES string of the molecule is CO/N=C(/c1cc(C(C)(C)C)c(O)c(C(C)(C)C)c1)C1CCC1. The lowest BCUT2D eigenvalue weighted by Crippen LogP contribution is -2.25. The van der Waals surface area contributed by atoms with Crippen molar-refractivity contribution >= 4 is 5.71 Å². The standard InChI is InChI=1S/C20H31NO2/c1-19(2,3)15-11-14(12-16(18(15)22)20(4,5)6)17(21-23-7)13-9-8-10-13/h11-13,22H,8-10H2,1-7H3/b21-17+. The molecule has 1 aromatic carbocycles. The van der Waals surface area contributed by atoms with Crippen LogP contribution >= 0.6 is 0 Å². The summed E-state index contributed by atoms with van der Waals surface area (Å²) in [4.78, 5) is 5.12. The Morgan fingerprint density at radius 1 is 1.04 bits per heavy atom. The largest absolute Gasteiger partial charge is 0.507 e. The van der Waals surface area contributed by atoms with E-state index in [1.165, 1.54) is 19.3 Å². The van der Waals surface area contributed by atoms with E-state index in [-0.39, 0.29) is 10.8 Å². The molecule has 23 heavy (non-hydrogen) atoms. The molecule has 0 aromatic heterocycles. The average molecular weight is 317 g/mol. The minimum Gasteiger partial charge on any atom is -0.507 e. The van der Waals surface area contributed by atoms with Crippen molar-refractivity contribution in [1.29, 1.82) is 0 Å². The van der Waals surface area contributed by atoms with Gasteiger partial charge in [-0.2, -0.15) is 0 Å². The van der Waals surface area contributed by atoms with E-state index in [1.807, 2.05) is 0 Å². The van der Waals surface area contributed by atoms with E-state index in [2.05, 4.69) is 58.8 Å². The Hall–Kier alpha value is -1.51. The lowest BCUT2D eigenvalue weighted by molar-refractivity contribution is 0.208. The molecule has 0 aliphatic heterocycles. The summed E-state index contributed by atoms with van der Waals surface area (Å²) in [6.07, 6.45) is 3.58. The number of nitrogens with zero attached hydrogens (tertiary/aromatic N) is 1. The second-order valence-electron chi connectivity index (χ2n) is 8.71. The zero-order valence-electron chi connectivity index (χ0n) is 15.7. The van der Waals surface area contributed by atoms with Crippen molar-refractivity contribution in [1.82, 2.24) is 0 Å². The molecule has 0 bridgehead atoms. The van der Waals surface area contributed by atoms with Gasteiger partial charge >= 0.3 is 0 Å². The number of hydrogen-bond acceptors (Lipinski definition) is 3. The van der Waals surface area contributed by atoms with E-state index in [1.54, 1.807) is 7.11 Å². The maximum atomic E-state index is 10.8. The highest BCUT2D eigenvalue weighted by molar-refractivity contribution is 6.03. The summed E-state index contributed by atoms with van der Waals surface area (Å²) >= 11 is 0. The third-order valence-electron chi connectivity index (χ3n) is 4.70. The fourth-order valence-electron chi connectivity index (χ4n) is 3.07. The predicted molar refractivity (Wildman–Crippen MR) is 96.4 cm³/mol. The van der Waals surface area contributed by atoms with Crippen LogP contribution < -0.4 is 0 Å². The van der Waals surface area contributed by atoms with Gasteiger partial charge in [0.1, 0.15) is 12.9 Å². The highest BCUT2D eigenvalue weighted by Gasteiger charge is 2.31. The van der Waals surface area contributed by atoms with Crippen LogP contribution in [0.15, 0.2) is 17.3 Å². The minimum atomic E-state index is -0.127. The van der Waals surface area contributed by atoms with Crippen LogP contribution in [-0.4, -0.2) is 17.9 Å². The molecule has 0 amide bonds. The normalized spacial score (nSPS) is 17.1. The van der Waals surface area contributed by atoms with E-state index < -0.39 is 0 Å². The maximum absolute atomic E-state index is 10.8. The van der Waals surface area contributed by atoms with Crippen molar-refractivity contribution < 1.29 is 9.94 Å². The number of aromatic hydroxyl groups is 1. The van der Waals surface area contributed by atoms with Gasteiger partial charge in [-0.3, -0.25) is 0 Å². The van der Waals surface area contributed by atoms with Gasteiger partial charge in [0.15, 0.2) is 0 Å². The van der Waals surface area contributed by atoms with Gasteiger partial charge in [0, 0.05) is 22.6 Å². The highest BCUT2D eigenvalue weighted by Crippen LogP contribution is 2.41. The van der Waals surface area contributed by atoms with E-state index in [0.717, 1.165) is 22.4 Å². The molecule has 1 aliphatic rings. The topological polar surface area (TPSA) is 41.8 Å². The molecule has 3 heteroatoms. The van der Waals surface area contributed by atoms with Gasteiger partial charge in [-0.25, -0.2) is 0 Å². The van der Waals surface area contributed by atoms with E-state index in [9.17, 15) is 5.11 Å². The molecule has 1 N–H and O–H groups in total. The smallest absolute Gasteiger partial charge is 0.123 e. The van der Waals surface area contributed by atoms with Gasteiger partial charge in [0.25, 0.3) is 0 Å². The van der Waals surface area contributed by atoms with Gasteiger partial charge in [0.05, 0.1) is 5.71 Å². The Balaban J connectivity index is 2.66. The Morgan fingerprint density at radius 2 is 1.52 bits per heavy atom. The lowest BCUT2D eigenvalue weighted by Gasteiger charge is -2.31. The maximum Gasteiger partial charge on any atom is 0.123 e. The summed E-state index contributed by atoms with van der Waals surface area (Å²) in [6, 6.07) is 4.20. The second-order valence-corrected chi connectivity index (χ2v) is 8.71. The number of benzene rings is 1. The molecule has 0 unspecified atom stereocenters. The average Bonchev–Trinajstić information content (AvgIpc) is 2.33. The summed E-state index contributed by atoms with van der Waals surface area (Å²) in [5.41, 5.74) is 3.81.